The number of hydrogen-bond donors (Lipinski definition) is 2. The van der Waals surface area contributed by atoms with Crippen molar-refractivity contribution in [2.75, 3.05) is 13.7 Å². The third kappa shape index (κ3) is 2.74. The first-order chi connectivity index (χ1) is 8.02. The quantitative estimate of drug-likeness (QED) is 0.825. The van der Waals surface area contributed by atoms with E-state index in [0.717, 1.165) is 0 Å². The van der Waals surface area contributed by atoms with E-state index in [2.05, 4.69) is 0 Å². The van der Waals surface area contributed by atoms with Crippen molar-refractivity contribution in [1.82, 2.24) is 0 Å². The lowest BCUT2D eigenvalue weighted by Gasteiger charge is -2.18. The van der Waals surface area contributed by atoms with E-state index in [0.29, 0.717) is 11.1 Å². The van der Waals surface area contributed by atoms with Crippen LogP contribution in [-0.4, -0.2) is 24.7 Å². The van der Waals surface area contributed by atoms with E-state index >= 15 is 0 Å². The van der Waals surface area contributed by atoms with Crippen LogP contribution in [0.2, 0.25) is 0 Å². The zero-order valence-electron chi connectivity index (χ0n) is 9.81. The summed E-state index contributed by atoms with van der Waals surface area (Å²) in [6.07, 6.45) is -1.22. The Morgan fingerprint density at radius 2 is 2.12 bits per heavy atom. The molecule has 0 aliphatic heterocycles. The number of ether oxygens (including phenoxy) is 1. The van der Waals surface area contributed by atoms with Crippen LogP contribution < -0.4 is 10.5 Å². The van der Waals surface area contributed by atoms with Crippen LogP contribution in [0.4, 0.5) is 4.39 Å². The monoisotopic (exact) mass is 241 g/mol. The Morgan fingerprint density at radius 3 is 2.53 bits per heavy atom. The van der Waals surface area contributed by atoms with E-state index < -0.39 is 18.1 Å². The smallest absolute Gasteiger partial charge is 0.312 e. The minimum atomic E-state index is -1.22. The second-order valence-corrected chi connectivity index (χ2v) is 3.71. The molecule has 0 amide bonds. The van der Waals surface area contributed by atoms with Crippen LogP contribution in [0.15, 0.2) is 18.2 Å². The van der Waals surface area contributed by atoms with Crippen molar-refractivity contribution in [1.29, 1.82) is 0 Å². The van der Waals surface area contributed by atoms with Crippen LogP contribution in [-0.2, 0) is 4.79 Å². The lowest BCUT2D eigenvalue weighted by Crippen LogP contribution is -2.22. The maximum absolute atomic E-state index is 13.4. The Hall–Kier alpha value is -1.62. The molecular formula is C12H16FNO3. The number of carboxylic acid groups (broad SMARTS) is 1. The second kappa shape index (κ2) is 5.63. The Labute approximate surface area is 99.2 Å². The number of aliphatic carboxylic acids is 1. The lowest BCUT2D eigenvalue weighted by molar-refractivity contribution is -0.138. The van der Waals surface area contributed by atoms with Gasteiger partial charge in [-0.2, -0.15) is 0 Å². The SMILES string of the molecule is COc1c(C(C)F)cccc1C(CN)C(=O)O. The van der Waals surface area contributed by atoms with Crippen LogP contribution in [0.25, 0.3) is 0 Å². The highest BCUT2D eigenvalue weighted by Crippen LogP contribution is 2.34. The molecule has 0 fully saturated rings. The normalized spacial score (nSPS) is 14.1. The number of methoxy groups -OCH3 is 1. The van der Waals surface area contributed by atoms with Crippen molar-refractivity contribution < 1.29 is 19.0 Å². The second-order valence-electron chi connectivity index (χ2n) is 3.71. The Kier molecular flexibility index (Phi) is 4.45. The topological polar surface area (TPSA) is 72.5 Å². The van der Waals surface area contributed by atoms with E-state index in [1.165, 1.54) is 14.0 Å². The van der Waals surface area contributed by atoms with Crippen LogP contribution in [0, 0.1) is 0 Å². The number of benzene rings is 1. The van der Waals surface area contributed by atoms with Gasteiger partial charge in [0.05, 0.1) is 13.0 Å². The fourth-order valence-electron chi connectivity index (χ4n) is 1.76. The van der Waals surface area contributed by atoms with E-state index in [-0.39, 0.29) is 12.3 Å². The van der Waals surface area contributed by atoms with Crippen molar-refractivity contribution in [3.05, 3.63) is 29.3 Å². The van der Waals surface area contributed by atoms with Gasteiger partial charge in [-0.25, -0.2) is 4.39 Å². The molecule has 3 N–H and O–H groups in total. The summed E-state index contributed by atoms with van der Waals surface area (Å²) < 4.78 is 18.5. The zero-order valence-corrected chi connectivity index (χ0v) is 9.81. The molecule has 0 spiro atoms. The van der Waals surface area contributed by atoms with E-state index in [1.54, 1.807) is 18.2 Å². The molecule has 17 heavy (non-hydrogen) atoms. The summed E-state index contributed by atoms with van der Waals surface area (Å²) in [4.78, 5) is 11.1. The van der Waals surface area contributed by atoms with Gasteiger partial charge < -0.3 is 15.6 Å². The van der Waals surface area contributed by atoms with Gasteiger partial charge in [0.1, 0.15) is 11.9 Å². The molecule has 0 saturated carbocycles. The third-order valence-corrected chi connectivity index (χ3v) is 2.62. The van der Waals surface area contributed by atoms with Gasteiger partial charge in [-0.15, -0.1) is 0 Å². The van der Waals surface area contributed by atoms with Crippen LogP contribution >= 0.6 is 0 Å². The van der Waals surface area contributed by atoms with Crippen molar-refractivity contribution in [2.24, 2.45) is 5.73 Å². The first-order valence-electron chi connectivity index (χ1n) is 5.26. The largest absolute Gasteiger partial charge is 0.496 e. The number of carbonyl (C=O) groups is 1. The minimum Gasteiger partial charge on any atom is -0.496 e. The molecular weight excluding hydrogens is 225 g/mol. The number of halogens is 1. The number of carboxylic acids is 1. The highest BCUT2D eigenvalue weighted by atomic mass is 19.1. The van der Waals surface area contributed by atoms with Gasteiger partial charge in [-0.1, -0.05) is 18.2 Å². The molecule has 1 rings (SSSR count). The molecule has 0 aromatic heterocycles. The van der Waals surface area contributed by atoms with E-state index in [4.69, 9.17) is 15.6 Å². The molecule has 1 aromatic carbocycles. The molecule has 94 valence electrons. The fraction of sp³-hybridized carbons (Fsp3) is 0.417. The average Bonchev–Trinajstić information content (AvgIpc) is 2.29. The molecule has 0 radical (unpaired) electrons. The molecule has 0 saturated heterocycles. The standard InChI is InChI=1S/C12H16FNO3/c1-7(13)8-4-3-5-9(11(8)17-2)10(6-14)12(15)16/h3-5,7,10H,6,14H2,1-2H3,(H,15,16). The molecule has 1 aromatic rings. The van der Waals surface area contributed by atoms with Crippen molar-refractivity contribution in [2.45, 2.75) is 19.0 Å². The predicted molar refractivity (Wildman–Crippen MR) is 61.9 cm³/mol. The number of hydrogen-bond acceptors (Lipinski definition) is 3. The molecule has 0 aliphatic rings. The van der Waals surface area contributed by atoms with Crippen LogP contribution in [0.3, 0.4) is 0 Å². The molecule has 0 aliphatic carbocycles. The lowest BCUT2D eigenvalue weighted by atomic mass is 9.95. The Balaban J connectivity index is 3.32. The summed E-state index contributed by atoms with van der Waals surface area (Å²) in [5.74, 6) is -1.67. The Morgan fingerprint density at radius 1 is 1.53 bits per heavy atom. The van der Waals surface area contributed by atoms with Gasteiger partial charge in [-0.3, -0.25) is 4.79 Å². The van der Waals surface area contributed by atoms with Crippen molar-refractivity contribution in [3.8, 4) is 5.75 Å². The predicted octanol–water partition coefficient (Wildman–Crippen LogP) is 1.85. The first-order valence-corrected chi connectivity index (χ1v) is 5.26. The number of alkyl halides is 1. The van der Waals surface area contributed by atoms with Gasteiger partial charge >= 0.3 is 5.97 Å². The first kappa shape index (κ1) is 13.4. The average molecular weight is 241 g/mol. The third-order valence-electron chi connectivity index (χ3n) is 2.62. The summed E-state index contributed by atoms with van der Waals surface area (Å²) in [7, 11) is 1.39. The fourth-order valence-corrected chi connectivity index (χ4v) is 1.76. The van der Waals surface area contributed by atoms with Gasteiger partial charge in [0, 0.05) is 17.7 Å². The van der Waals surface area contributed by atoms with Crippen LogP contribution in [0.5, 0.6) is 5.75 Å². The van der Waals surface area contributed by atoms with Gasteiger partial charge in [-0.05, 0) is 6.92 Å². The molecule has 4 nitrogen and oxygen atoms in total. The van der Waals surface area contributed by atoms with Gasteiger partial charge in [0.2, 0.25) is 0 Å². The summed E-state index contributed by atoms with van der Waals surface area (Å²) >= 11 is 0. The molecule has 0 heterocycles. The summed E-state index contributed by atoms with van der Waals surface area (Å²) in [6.45, 7) is 1.32. The van der Waals surface area contributed by atoms with Crippen LogP contribution in [0.1, 0.15) is 30.1 Å². The van der Waals surface area contributed by atoms with Gasteiger partial charge in [0.25, 0.3) is 0 Å². The summed E-state index contributed by atoms with van der Waals surface area (Å²) in [6, 6.07) is 4.77. The van der Waals surface area contributed by atoms with Crippen molar-refractivity contribution >= 4 is 5.97 Å². The molecule has 2 atom stereocenters. The minimum absolute atomic E-state index is 0.0597. The van der Waals surface area contributed by atoms with E-state index in [1.807, 2.05) is 0 Å². The zero-order chi connectivity index (χ0) is 13.0. The van der Waals surface area contributed by atoms with E-state index in [9.17, 15) is 9.18 Å². The highest BCUT2D eigenvalue weighted by molar-refractivity contribution is 5.78. The number of para-hydroxylation sites is 1. The Bertz CT molecular complexity index is 407. The highest BCUT2D eigenvalue weighted by Gasteiger charge is 2.24. The molecule has 5 heteroatoms. The van der Waals surface area contributed by atoms with Gasteiger partial charge in [0.15, 0.2) is 0 Å². The summed E-state index contributed by atoms with van der Waals surface area (Å²) in [5, 5.41) is 9.05. The number of nitrogens with two attached hydrogens (primary N) is 1. The summed E-state index contributed by atoms with van der Waals surface area (Å²) in [5.41, 5.74) is 6.17. The number of rotatable bonds is 5. The molecule has 2 unspecified atom stereocenters. The molecule has 0 bridgehead atoms. The maximum Gasteiger partial charge on any atom is 0.312 e. The van der Waals surface area contributed by atoms with Crippen molar-refractivity contribution in [3.63, 3.8) is 0 Å². The maximum atomic E-state index is 13.4.